The molecule has 0 spiro atoms. The van der Waals surface area contributed by atoms with Crippen LogP contribution in [-0.2, 0) is 22.1 Å². The molecule has 5 nitrogen and oxygen atoms in total. The van der Waals surface area contributed by atoms with E-state index in [1.165, 1.54) is 6.07 Å². The van der Waals surface area contributed by atoms with E-state index >= 15 is 0 Å². The van der Waals surface area contributed by atoms with Crippen LogP contribution in [0.5, 0.6) is 0 Å². The van der Waals surface area contributed by atoms with Crippen molar-refractivity contribution < 1.29 is 22.7 Å². The van der Waals surface area contributed by atoms with Crippen molar-refractivity contribution in [2.45, 2.75) is 46.2 Å². The van der Waals surface area contributed by atoms with Crippen molar-refractivity contribution in [2.75, 3.05) is 12.3 Å². The van der Waals surface area contributed by atoms with Crippen LogP contribution in [-0.4, -0.2) is 23.3 Å². The number of benzene rings is 1. The van der Waals surface area contributed by atoms with Gasteiger partial charge in [-0.25, -0.2) is 9.98 Å². The second kappa shape index (κ2) is 8.08. The molecule has 8 heteroatoms. The molecule has 2 aromatic rings. The number of alkyl halides is 3. The lowest BCUT2D eigenvalue weighted by Gasteiger charge is -2.32. The lowest BCUT2D eigenvalue weighted by atomic mass is 9.75. The van der Waals surface area contributed by atoms with Crippen LogP contribution in [0.15, 0.2) is 29.3 Å². The second-order valence-electron chi connectivity index (χ2n) is 7.27. The molecule has 0 radical (unpaired) electrons. The van der Waals surface area contributed by atoms with E-state index in [0.29, 0.717) is 34.8 Å². The van der Waals surface area contributed by atoms with Gasteiger partial charge in [0, 0.05) is 28.6 Å². The molecule has 1 aliphatic rings. The van der Waals surface area contributed by atoms with E-state index in [9.17, 15) is 18.0 Å². The number of halogens is 3. The first-order valence-corrected chi connectivity index (χ1v) is 9.77. The molecule has 0 aliphatic carbocycles. The highest BCUT2D eigenvalue weighted by Gasteiger charge is 2.42. The number of carbonyl (C=O) groups is 1. The van der Waals surface area contributed by atoms with Crippen molar-refractivity contribution in [3.8, 4) is 0 Å². The van der Waals surface area contributed by atoms with Crippen LogP contribution >= 0.6 is 0 Å². The lowest BCUT2D eigenvalue weighted by molar-refractivity contribution is -0.146. The Hall–Kier alpha value is -2.90. The molecular formula is C22H24F3N3O2. The third-order valence-electron chi connectivity index (χ3n) is 5.43. The molecule has 2 unspecified atom stereocenters. The summed E-state index contributed by atoms with van der Waals surface area (Å²) in [4.78, 5) is 21.9. The van der Waals surface area contributed by atoms with Gasteiger partial charge in [-0.3, -0.25) is 4.79 Å². The predicted octanol–water partition coefficient (Wildman–Crippen LogP) is 4.97. The molecule has 2 atom stereocenters. The van der Waals surface area contributed by atoms with Crippen LogP contribution in [0.1, 0.15) is 54.6 Å². The molecular weight excluding hydrogens is 395 g/mol. The van der Waals surface area contributed by atoms with Crippen molar-refractivity contribution >= 4 is 23.2 Å². The molecule has 2 heterocycles. The summed E-state index contributed by atoms with van der Waals surface area (Å²) >= 11 is 0. The number of nitrogen functional groups attached to an aromatic ring is 1. The highest BCUT2D eigenvalue weighted by molar-refractivity contribution is 6.05. The summed E-state index contributed by atoms with van der Waals surface area (Å²) < 4.78 is 45.3. The topological polar surface area (TPSA) is 77.6 Å². The molecule has 3 rings (SSSR count). The van der Waals surface area contributed by atoms with Crippen molar-refractivity contribution in [2.24, 2.45) is 10.9 Å². The first-order valence-electron chi connectivity index (χ1n) is 9.77. The third kappa shape index (κ3) is 3.78. The van der Waals surface area contributed by atoms with E-state index in [0.717, 1.165) is 23.4 Å². The first-order chi connectivity index (χ1) is 14.1. The minimum Gasteiger partial charge on any atom is -0.465 e. The van der Waals surface area contributed by atoms with Gasteiger partial charge in [0.2, 0.25) is 0 Å². The van der Waals surface area contributed by atoms with Crippen molar-refractivity contribution in [3.63, 3.8) is 0 Å². The van der Waals surface area contributed by atoms with Gasteiger partial charge in [-0.1, -0.05) is 25.1 Å². The van der Waals surface area contributed by atoms with Crippen LogP contribution in [0.3, 0.4) is 0 Å². The zero-order chi connectivity index (χ0) is 22.2. The summed E-state index contributed by atoms with van der Waals surface area (Å²) in [6.07, 6.45) is -3.88. The van der Waals surface area contributed by atoms with Crippen molar-refractivity contribution in [1.82, 2.24) is 4.98 Å². The Labute approximate surface area is 173 Å². The number of anilines is 1. The number of hydrogen-bond donors (Lipinski definition) is 1. The quantitative estimate of drug-likeness (QED) is 0.710. The standard InChI is InChI=1S/C22H24F3N3O2/c1-5-15-11(3)19(26)18-17(13-8-7-9-14(10-13)22(23,24)25)16(21(29)30-6-2)12(4)27-20(18)28-15/h7-10,16-17H,5-6H2,1-4H3,(H2,26,28). The zero-order valence-electron chi connectivity index (χ0n) is 17.3. The number of nitrogens with two attached hydrogens (primary N) is 1. The molecule has 0 amide bonds. The minimum atomic E-state index is -4.51. The summed E-state index contributed by atoms with van der Waals surface area (Å²) in [5.41, 5.74) is 8.75. The first kappa shape index (κ1) is 21.8. The molecule has 1 aliphatic heterocycles. The van der Waals surface area contributed by atoms with Gasteiger partial charge in [0.1, 0.15) is 5.92 Å². The largest absolute Gasteiger partial charge is 0.465 e. The van der Waals surface area contributed by atoms with E-state index in [1.807, 2.05) is 13.8 Å². The summed E-state index contributed by atoms with van der Waals surface area (Å²) in [7, 11) is 0. The van der Waals surface area contributed by atoms with Crippen LogP contribution in [0, 0.1) is 12.8 Å². The summed E-state index contributed by atoms with van der Waals surface area (Å²) in [5, 5.41) is 0. The van der Waals surface area contributed by atoms with E-state index in [-0.39, 0.29) is 6.61 Å². The maximum atomic E-state index is 13.4. The number of rotatable bonds is 4. The molecule has 2 N–H and O–H groups in total. The van der Waals surface area contributed by atoms with E-state index in [2.05, 4.69) is 9.98 Å². The number of carbonyl (C=O) groups excluding carboxylic acids is 1. The molecule has 30 heavy (non-hydrogen) atoms. The monoisotopic (exact) mass is 419 g/mol. The van der Waals surface area contributed by atoms with Crippen LogP contribution in [0.4, 0.5) is 24.7 Å². The predicted molar refractivity (Wildman–Crippen MR) is 109 cm³/mol. The number of aliphatic imine (C=N–C) groups is 1. The molecule has 160 valence electrons. The lowest BCUT2D eigenvalue weighted by Crippen LogP contribution is -2.34. The smallest absolute Gasteiger partial charge is 0.416 e. The molecule has 0 fully saturated rings. The highest BCUT2D eigenvalue weighted by atomic mass is 19.4. The zero-order valence-corrected chi connectivity index (χ0v) is 17.3. The Morgan fingerprint density at radius 3 is 2.53 bits per heavy atom. The number of esters is 1. The average Bonchev–Trinajstić information content (AvgIpc) is 2.69. The Balaban J connectivity index is 2.30. The molecule has 0 bridgehead atoms. The van der Waals surface area contributed by atoms with Gasteiger partial charge in [-0.05, 0) is 44.4 Å². The fourth-order valence-electron chi connectivity index (χ4n) is 3.94. The number of ether oxygens (including phenoxy) is 1. The van der Waals surface area contributed by atoms with Gasteiger partial charge in [0.15, 0.2) is 5.82 Å². The van der Waals surface area contributed by atoms with E-state index in [4.69, 9.17) is 10.5 Å². The minimum absolute atomic E-state index is 0.145. The van der Waals surface area contributed by atoms with Gasteiger partial charge < -0.3 is 10.5 Å². The normalized spacial score (nSPS) is 18.6. The summed E-state index contributed by atoms with van der Waals surface area (Å²) in [6.45, 7) is 7.23. The summed E-state index contributed by atoms with van der Waals surface area (Å²) in [6, 6.07) is 4.96. The van der Waals surface area contributed by atoms with Gasteiger partial charge in [0.05, 0.1) is 12.2 Å². The SMILES string of the molecule is CCOC(=O)C1C(C)=Nc2nc(CC)c(C)c(N)c2C1c1cccc(C(F)(F)F)c1. The Morgan fingerprint density at radius 2 is 1.93 bits per heavy atom. The second-order valence-corrected chi connectivity index (χ2v) is 7.27. The fraction of sp³-hybridized carbons (Fsp3) is 0.409. The van der Waals surface area contributed by atoms with E-state index < -0.39 is 29.5 Å². The Morgan fingerprint density at radius 1 is 1.23 bits per heavy atom. The van der Waals surface area contributed by atoms with Crippen molar-refractivity contribution in [1.29, 1.82) is 0 Å². The molecule has 0 saturated carbocycles. The number of pyridine rings is 1. The number of hydrogen-bond acceptors (Lipinski definition) is 5. The highest BCUT2D eigenvalue weighted by Crippen LogP contribution is 2.47. The third-order valence-corrected chi connectivity index (χ3v) is 5.43. The average molecular weight is 419 g/mol. The van der Waals surface area contributed by atoms with E-state index in [1.54, 1.807) is 19.9 Å². The Bertz CT molecular complexity index is 1020. The molecule has 1 aromatic heterocycles. The fourth-order valence-corrected chi connectivity index (χ4v) is 3.94. The summed E-state index contributed by atoms with van der Waals surface area (Å²) in [5.74, 6) is -1.88. The van der Waals surface area contributed by atoms with Gasteiger partial charge >= 0.3 is 12.1 Å². The van der Waals surface area contributed by atoms with Gasteiger partial charge in [0.25, 0.3) is 0 Å². The van der Waals surface area contributed by atoms with Crippen LogP contribution < -0.4 is 5.73 Å². The molecule has 1 aromatic carbocycles. The maximum Gasteiger partial charge on any atom is 0.416 e. The van der Waals surface area contributed by atoms with Crippen LogP contribution in [0.25, 0.3) is 0 Å². The van der Waals surface area contributed by atoms with Crippen LogP contribution in [0.2, 0.25) is 0 Å². The number of aromatic nitrogens is 1. The number of nitrogens with zero attached hydrogens (tertiary/aromatic N) is 2. The van der Waals surface area contributed by atoms with Crippen molar-refractivity contribution in [3.05, 3.63) is 52.2 Å². The van der Waals surface area contributed by atoms with Gasteiger partial charge in [-0.2, -0.15) is 13.2 Å². The number of aryl methyl sites for hydroxylation is 1. The Kier molecular flexibility index (Phi) is 5.87. The maximum absolute atomic E-state index is 13.4. The number of fused-ring (bicyclic) bond motifs is 1. The van der Waals surface area contributed by atoms with Gasteiger partial charge in [-0.15, -0.1) is 0 Å². The molecule has 0 saturated heterocycles.